The molecule has 0 aromatic heterocycles. The Balaban J connectivity index is 2.18. The van der Waals surface area contributed by atoms with E-state index in [4.69, 9.17) is 0 Å². The molecule has 5 heteroatoms. The van der Waals surface area contributed by atoms with Gasteiger partial charge < -0.3 is 5.32 Å². The fourth-order valence-corrected chi connectivity index (χ4v) is 2.69. The number of nitrogens with zero attached hydrogens (tertiary/aromatic N) is 1. The van der Waals surface area contributed by atoms with Gasteiger partial charge in [-0.3, -0.25) is 15.0 Å². The number of rotatable bonds is 3. The summed E-state index contributed by atoms with van der Waals surface area (Å²) in [6.07, 6.45) is 2.16. The highest BCUT2D eigenvalue weighted by atomic mass is 16.2. The van der Waals surface area contributed by atoms with E-state index >= 15 is 0 Å². The number of benzene rings is 1. The quantitative estimate of drug-likeness (QED) is 0.893. The van der Waals surface area contributed by atoms with Crippen molar-refractivity contribution in [3.05, 3.63) is 35.9 Å². The minimum atomic E-state index is -0.466. The Morgan fingerprint density at radius 3 is 2.38 bits per heavy atom. The molecule has 5 nitrogen and oxygen atoms in total. The van der Waals surface area contributed by atoms with Crippen molar-refractivity contribution >= 4 is 11.9 Å². The van der Waals surface area contributed by atoms with Gasteiger partial charge in [0.05, 0.1) is 0 Å². The van der Waals surface area contributed by atoms with Crippen molar-refractivity contribution in [3.63, 3.8) is 0 Å². The Labute approximate surface area is 125 Å². The number of likely N-dealkylation sites (tertiary alicyclic amines) is 1. The number of carbonyl (C=O) groups is 2. The molecule has 0 saturated carbocycles. The van der Waals surface area contributed by atoms with Crippen molar-refractivity contribution in [1.82, 2.24) is 15.5 Å². The summed E-state index contributed by atoms with van der Waals surface area (Å²) in [4.78, 5) is 26.1. The molecule has 3 amide bonds. The van der Waals surface area contributed by atoms with Crippen LogP contribution in [-0.4, -0.2) is 37.0 Å². The van der Waals surface area contributed by atoms with E-state index in [1.165, 1.54) is 7.05 Å². The smallest absolute Gasteiger partial charge is 0.321 e. The zero-order valence-electron chi connectivity index (χ0n) is 12.6. The summed E-state index contributed by atoms with van der Waals surface area (Å²) >= 11 is 0. The van der Waals surface area contributed by atoms with Crippen LogP contribution in [0.3, 0.4) is 0 Å². The number of hydrogen-bond acceptors (Lipinski definition) is 3. The van der Waals surface area contributed by atoms with Gasteiger partial charge in [0.25, 0.3) is 0 Å². The van der Waals surface area contributed by atoms with Crippen molar-refractivity contribution in [3.8, 4) is 0 Å². The topological polar surface area (TPSA) is 61.4 Å². The van der Waals surface area contributed by atoms with Crippen LogP contribution < -0.4 is 10.6 Å². The van der Waals surface area contributed by atoms with Crippen LogP contribution in [0.4, 0.5) is 4.79 Å². The molecular weight excluding hydrogens is 266 g/mol. The predicted octanol–water partition coefficient (Wildman–Crippen LogP) is 1.92. The first-order chi connectivity index (χ1) is 10.1. The van der Waals surface area contributed by atoms with Gasteiger partial charge in [-0.1, -0.05) is 37.3 Å². The van der Waals surface area contributed by atoms with Crippen molar-refractivity contribution < 1.29 is 9.59 Å². The van der Waals surface area contributed by atoms with Gasteiger partial charge in [-0.25, -0.2) is 4.79 Å². The average Bonchev–Trinajstić information content (AvgIpc) is 2.50. The highest BCUT2D eigenvalue weighted by Crippen LogP contribution is 2.26. The summed E-state index contributed by atoms with van der Waals surface area (Å²) in [5, 5.41) is 4.83. The first-order valence-corrected chi connectivity index (χ1v) is 7.43. The largest absolute Gasteiger partial charge is 0.341 e. The van der Waals surface area contributed by atoms with E-state index in [2.05, 4.69) is 22.5 Å². The Morgan fingerprint density at radius 1 is 1.19 bits per heavy atom. The lowest BCUT2D eigenvalue weighted by Crippen LogP contribution is -2.47. The molecule has 2 N–H and O–H groups in total. The molecular formula is C16H23N3O2. The lowest BCUT2D eigenvalue weighted by Gasteiger charge is -2.35. The molecule has 1 aliphatic heterocycles. The van der Waals surface area contributed by atoms with Crippen molar-refractivity contribution in [2.75, 3.05) is 20.1 Å². The molecule has 1 saturated heterocycles. The van der Waals surface area contributed by atoms with Gasteiger partial charge in [0.15, 0.2) is 0 Å². The van der Waals surface area contributed by atoms with E-state index in [0.29, 0.717) is 5.92 Å². The minimum absolute atomic E-state index is 0.268. The third-order valence-electron chi connectivity index (χ3n) is 4.01. The van der Waals surface area contributed by atoms with E-state index in [-0.39, 0.29) is 5.91 Å². The zero-order chi connectivity index (χ0) is 15.2. The molecule has 2 rings (SSSR count). The molecule has 114 valence electrons. The highest BCUT2D eigenvalue weighted by molar-refractivity contribution is 5.97. The first-order valence-electron chi connectivity index (χ1n) is 7.43. The second-order valence-corrected chi connectivity index (χ2v) is 5.60. The van der Waals surface area contributed by atoms with Gasteiger partial charge in [0.2, 0.25) is 5.91 Å². The number of imide groups is 1. The van der Waals surface area contributed by atoms with Crippen LogP contribution in [-0.2, 0) is 4.79 Å². The fraction of sp³-hybridized carbons (Fsp3) is 0.500. The summed E-state index contributed by atoms with van der Waals surface area (Å²) < 4.78 is 0. The molecule has 1 unspecified atom stereocenters. The lowest BCUT2D eigenvalue weighted by molar-refractivity contribution is -0.126. The molecule has 1 aromatic carbocycles. The summed E-state index contributed by atoms with van der Waals surface area (Å²) in [7, 11) is 1.50. The van der Waals surface area contributed by atoms with Gasteiger partial charge in [-0.05, 0) is 37.4 Å². The molecule has 1 atom stereocenters. The Morgan fingerprint density at radius 2 is 1.81 bits per heavy atom. The van der Waals surface area contributed by atoms with E-state index < -0.39 is 12.1 Å². The maximum absolute atomic E-state index is 12.5. The van der Waals surface area contributed by atoms with Gasteiger partial charge in [0.1, 0.15) is 6.04 Å². The molecule has 21 heavy (non-hydrogen) atoms. The van der Waals surface area contributed by atoms with Crippen molar-refractivity contribution in [1.29, 1.82) is 0 Å². The van der Waals surface area contributed by atoms with Crippen LogP contribution in [0.25, 0.3) is 0 Å². The Bertz CT molecular complexity index is 482. The maximum Gasteiger partial charge on any atom is 0.321 e. The average molecular weight is 289 g/mol. The molecule has 1 aliphatic rings. The van der Waals surface area contributed by atoms with Crippen LogP contribution in [0, 0.1) is 5.92 Å². The van der Waals surface area contributed by atoms with Crippen molar-refractivity contribution in [2.45, 2.75) is 25.8 Å². The lowest BCUT2D eigenvalue weighted by atomic mass is 9.95. The van der Waals surface area contributed by atoms with Crippen LogP contribution in [0.5, 0.6) is 0 Å². The van der Waals surface area contributed by atoms with Crippen LogP contribution >= 0.6 is 0 Å². The molecule has 1 aromatic rings. The number of piperidine rings is 1. The van der Waals surface area contributed by atoms with Crippen LogP contribution in [0.1, 0.15) is 31.4 Å². The number of carbonyl (C=O) groups excluding carboxylic acids is 2. The third-order valence-corrected chi connectivity index (χ3v) is 4.01. The maximum atomic E-state index is 12.5. The highest BCUT2D eigenvalue weighted by Gasteiger charge is 2.30. The Hall–Kier alpha value is -1.88. The summed E-state index contributed by atoms with van der Waals surface area (Å²) in [5.41, 5.74) is 0.924. The van der Waals surface area contributed by atoms with Gasteiger partial charge >= 0.3 is 6.03 Å². The molecule has 1 fully saturated rings. The number of urea groups is 1. The van der Waals surface area contributed by atoms with Gasteiger partial charge in [-0.2, -0.15) is 0 Å². The van der Waals surface area contributed by atoms with E-state index in [9.17, 15) is 9.59 Å². The van der Waals surface area contributed by atoms with Crippen molar-refractivity contribution in [2.24, 2.45) is 5.92 Å². The standard InChI is InChI=1S/C16H23N3O2/c1-12-8-10-19(11-9-12)14(13-6-4-3-5-7-13)15(20)18-16(21)17-2/h3-7,12,14H,8-11H2,1-2H3,(H2,17,18,20,21). The SMILES string of the molecule is CNC(=O)NC(=O)C(c1ccccc1)N1CCC(C)CC1. The third kappa shape index (κ3) is 4.04. The molecule has 0 aliphatic carbocycles. The molecule has 0 spiro atoms. The van der Waals surface area contributed by atoms with Gasteiger partial charge in [0, 0.05) is 7.05 Å². The summed E-state index contributed by atoms with van der Waals surface area (Å²) in [6.45, 7) is 3.99. The summed E-state index contributed by atoms with van der Waals surface area (Å²) in [6, 6.07) is 8.76. The molecule has 0 bridgehead atoms. The first kappa shape index (κ1) is 15.5. The second-order valence-electron chi connectivity index (χ2n) is 5.60. The minimum Gasteiger partial charge on any atom is -0.341 e. The van der Waals surface area contributed by atoms with Crippen LogP contribution in [0.2, 0.25) is 0 Å². The summed E-state index contributed by atoms with van der Waals surface area (Å²) in [5.74, 6) is 0.426. The normalized spacial score (nSPS) is 18.0. The zero-order valence-corrected chi connectivity index (χ0v) is 12.6. The number of nitrogens with one attached hydrogen (secondary N) is 2. The monoisotopic (exact) mass is 289 g/mol. The van der Waals surface area contributed by atoms with Gasteiger partial charge in [-0.15, -0.1) is 0 Å². The second kappa shape index (κ2) is 7.22. The molecule has 0 radical (unpaired) electrons. The van der Waals surface area contributed by atoms with E-state index in [1.807, 2.05) is 30.3 Å². The van der Waals surface area contributed by atoms with Crippen LogP contribution in [0.15, 0.2) is 30.3 Å². The number of hydrogen-bond donors (Lipinski definition) is 2. The van der Waals surface area contributed by atoms with E-state index in [0.717, 1.165) is 31.5 Å². The molecule has 1 heterocycles. The number of amides is 3. The predicted molar refractivity (Wildman–Crippen MR) is 81.8 cm³/mol. The van der Waals surface area contributed by atoms with E-state index in [1.54, 1.807) is 0 Å². The fourth-order valence-electron chi connectivity index (χ4n) is 2.69. The Kier molecular flexibility index (Phi) is 5.33.